The number of nitrogens with zero attached hydrogens (tertiary/aromatic N) is 2. The molecule has 2 amide bonds. The van der Waals surface area contributed by atoms with Crippen LogP contribution >= 0.6 is 0 Å². The van der Waals surface area contributed by atoms with E-state index in [4.69, 9.17) is 9.57 Å². The summed E-state index contributed by atoms with van der Waals surface area (Å²) >= 11 is 0. The highest BCUT2D eigenvalue weighted by Gasteiger charge is 2.51. The van der Waals surface area contributed by atoms with Crippen LogP contribution in [0.2, 0.25) is 0 Å². The average molecular weight is 288 g/mol. The van der Waals surface area contributed by atoms with Gasteiger partial charge in [-0.05, 0) is 11.1 Å². The fourth-order valence-corrected chi connectivity index (χ4v) is 2.91. The Morgan fingerprint density at radius 1 is 1.43 bits per heavy atom. The first-order valence-electron chi connectivity index (χ1n) is 6.69. The van der Waals surface area contributed by atoms with Crippen LogP contribution in [0.15, 0.2) is 36.9 Å². The summed E-state index contributed by atoms with van der Waals surface area (Å²) in [5.41, 5.74) is 1.71. The topological polar surface area (TPSA) is 59.1 Å². The first-order valence-corrected chi connectivity index (χ1v) is 6.69. The van der Waals surface area contributed by atoms with E-state index in [2.05, 4.69) is 6.58 Å². The summed E-state index contributed by atoms with van der Waals surface area (Å²) in [5.74, 6) is -0.445. The molecule has 1 aromatic carbocycles. The van der Waals surface area contributed by atoms with Crippen LogP contribution in [0.1, 0.15) is 23.2 Å². The number of fused-ring (bicyclic) bond motifs is 4. The number of benzene rings is 1. The van der Waals surface area contributed by atoms with Crippen LogP contribution in [0.3, 0.4) is 0 Å². The third-order valence-corrected chi connectivity index (χ3v) is 3.80. The maximum Gasteiger partial charge on any atom is 0.345 e. The third kappa shape index (κ3) is 1.99. The van der Waals surface area contributed by atoms with Crippen LogP contribution < -0.4 is 0 Å². The number of carbonyl (C=O) groups excluding carboxylic acids is 2. The molecule has 6 nitrogen and oxygen atoms in total. The van der Waals surface area contributed by atoms with Gasteiger partial charge in [0.1, 0.15) is 6.04 Å². The fraction of sp³-hybridized carbons (Fsp3) is 0.333. The lowest BCUT2D eigenvalue weighted by Crippen LogP contribution is -2.39. The normalized spacial score (nSPS) is 23.0. The van der Waals surface area contributed by atoms with Crippen molar-refractivity contribution in [2.45, 2.75) is 12.1 Å². The molecule has 21 heavy (non-hydrogen) atoms. The van der Waals surface area contributed by atoms with Gasteiger partial charge >= 0.3 is 12.0 Å². The fourth-order valence-electron chi connectivity index (χ4n) is 2.91. The molecule has 0 unspecified atom stereocenters. The Balaban J connectivity index is 2.05. The molecule has 2 heterocycles. The zero-order valence-corrected chi connectivity index (χ0v) is 11.7. The van der Waals surface area contributed by atoms with Gasteiger partial charge in [-0.15, -0.1) is 6.58 Å². The van der Waals surface area contributed by atoms with Gasteiger partial charge in [0.05, 0.1) is 20.3 Å². The first-order chi connectivity index (χ1) is 10.2. The summed E-state index contributed by atoms with van der Waals surface area (Å²) in [5, 5.41) is 1.32. The number of ether oxygens (including phenoxy) is 1. The minimum absolute atomic E-state index is 0.213. The second-order valence-electron chi connectivity index (χ2n) is 4.92. The summed E-state index contributed by atoms with van der Waals surface area (Å²) in [7, 11) is 1.32. The molecule has 1 saturated heterocycles. The van der Waals surface area contributed by atoms with Crippen molar-refractivity contribution >= 4 is 12.0 Å². The molecule has 2 atom stereocenters. The van der Waals surface area contributed by atoms with Crippen molar-refractivity contribution < 1.29 is 19.2 Å². The van der Waals surface area contributed by atoms with Gasteiger partial charge in [-0.25, -0.2) is 9.59 Å². The Morgan fingerprint density at radius 3 is 2.81 bits per heavy atom. The number of methoxy groups -OCH3 is 1. The third-order valence-electron chi connectivity index (χ3n) is 3.80. The van der Waals surface area contributed by atoms with E-state index in [1.54, 1.807) is 6.08 Å². The number of hydrogen-bond acceptors (Lipinski definition) is 4. The maximum absolute atomic E-state index is 12.5. The molecule has 6 heteroatoms. The standard InChI is InChI=1S/C15H16N2O4/c1-3-8-21-17-12-9-16(15(17)19)13(14(18)20-2)11-7-5-4-6-10(11)12/h3-7,12-13H,1,8-9H2,2H3/t12-,13+/m0/s1. The monoisotopic (exact) mass is 288 g/mol. The van der Waals surface area contributed by atoms with E-state index < -0.39 is 12.0 Å². The Bertz CT molecular complexity index is 601. The summed E-state index contributed by atoms with van der Waals surface area (Å²) in [6, 6.07) is 6.24. The Morgan fingerprint density at radius 2 is 2.14 bits per heavy atom. The average Bonchev–Trinajstić information content (AvgIpc) is 2.79. The molecular formula is C15H16N2O4. The van der Waals surface area contributed by atoms with Crippen molar-refractivity contribution in [1.82, 2.24) is 9.96 Å². The highest BCUT2D eigenvalue weighted by atomic mass is 16.7. The molecule has 0 N–H and O–H groups in total. The number of carbonyl (C=O) groups is 2. The Kier molecular flexibility index (Phi) is 3.39. The van der Waals surface area contributed by atoms with Gasteiger partial charge in [0.2, 0.25) is 0 Å². The molecule has 2 bridgehead atoms. The lowest BCUT2D eigenvalue weighted by atomic mass is 9.91. The minimum Gasteiger partial charge on any atom is -0.467 e. The number of esters is 1. The van der Waals surface area contributed by atoms with Crippen LogP contribution in [0.4, 0.5) is 4.79 Å². The quantitative estimate of drug-likeness (QED) is 0.626. The van der Waals surface area contributed by atoms with Gasteiger partial charge in [-0.1, -0.05) is 30.3 Å². The van der Waals surface area contributed by atoms with Crippen LogP contribution in [0, 0.1) is 0 Å². The highest BCUT2D eigenvalue weighted by Crippen LogP contribution is 2.44. The van der Waals surface area contributed by atoms with Crippen molar-refractivity contribution in [2.24, 2.45) is 0 Å². The van der Waals surface area contributed by atoms with E-state index in [0.29, 0.717) is 6.54 Å². The number of urea groups is 1. The van der Waals surface area contributed by atoms with Crippen molar-refractivity contribution in [2.75, 3.05) is 20.3 Å². The molecule has 0 aromatic heterocycles. The molecule has 2 aliphatic heterocycles. The Labute approximate surface area is 122 Å². The molecule has 2 aliphatic rings. The molecule has 0 spiro atoms. The van der Waals surface area contributed by atoms with Gasteiger partial charge in [-0.2, -0.15) is 5.06 Å². The zero-order chi connectivity index (χ0) is 15.0. The van der Waals surface area contributed by atoms with E-state index in [0.717, 1.165) is 11.1 Å². The molecule has 0 saturated carbocycles. The first kappa shape index (κ1) is 13.6. The molecule has 0 radical (unpaired) electrons. The Hall–Kier alpha value is -2.34. The largest absolute Gasteiger partial charge is 0.467 e. The molecule has 0 aliphatic carbocycles. The summed E-state index contributed by atoms with van der Waals surface area (Å²) < 4.78 is 4.85. The second kappa shape index (κ2) is 5.21. The van der Waals surface area contributed by atoms with Crippen LogP contribution in [-0.4, -0.2) is 42.2 Å². The zero-order valence-electron chi connectivity index (χ0n) is 11.7. The number of rotatable bonds is 4. The van der Waals surface area contributed by atoms with Crippen molar-refractivity contribution in [1.29, 1.82) is 0 Å². The van der Waals surface area contributed by atoms with Gasteiger partial charge in [0.25, 0.3) is 0 Å². The molecule has 1 fully saturated rings. The predicted octanol–water partition coefficient (Wildman–Crippen LogP) is 1.81. The van der Waals surface area contributed by atoms with Crippen molar-refractivity contribution in [3.63, 3.8) is 0 Å². The summed E-state index contributed by atoms with van der Waals surface area (Å²) in [6.45, 7) is 4.23. The van der Waals surface area contributed by atoms with Gasteiger partial charge in [-0.3, -0.25) is 4.84 Å². The predicted molar refractivity (Wildman–Crippen MR) is 74.0 cm³/mol. The number of amides is 2. The van der Waals surface area contributed by atoms with Crippen LogP contribution in [-0.2, 0) is 14.4 Å². The number of hydroxylamine groups is 2. The second-order valence-corrected chi connectivity index (χ2v) is 4.92. The van der Waals surface area contributed by atoms with E-state index in [-0.39, 0.29) is 18.7 Å². The molecule has 3 rings (SSSR count). The summed E-state index contributed by atoms with van der Waals surface area (Å²) in [6.07, 6.45) is 1.58. The minimum atomic E-state index is -0.715. The SMILES string of the molecule is C=CCON1C(=O)N2C[C@H]1c1ccccc1[C@@H]2C(=O)OC. The van der Waals surface area contributed by atoms with E-state index in [1.165, 1.54) is 17.1 Å². The van der Waals surface area contributed by atoms with Gasteiger partial charge in [0.15, 0.2) is 6.04 Å². The van der Waals surface area contributed by atoms with E-state index >= 15 is 0 Å². The highest BCUT2D eigenvalue weighted by molar-refractivity contribution is 5.88. The lowest BCUT2D eigenvalue weighted by Gasteiger charge is -2.30. The van der Waals surface area contributed by atoms with Crippen molar-refractivity contribution in [3.05, 3.63) is 48.0 Å². The van der Waals surface area contributed by atoms with Crippen LogP contribution in [0.5, 0.6) is 0 Å². The maximum atomic E-state index is 12.5. The number of hydrogen-bond donors (Lipinski definition) is 0. The van der Waals surface area contributed by atoms with Gasteiger partial charge in [0, 0.05) is 0 Å². The molecule has 110 valence electrons. The summed E-state index contributed by atoms with van der Waals surface area (Å²) in [4.78, 5) is 31.5. The van der Waals surface area contributed by atoms with Gasteiger partial charge < -0.3 is 9.64 Å². The van der Waals surface area contributed by atoms with E-state index in [1.807, 2.05) is 24.3 Å². The van der Waals surface area contributed by atoms with Crippen molar-refractivity contribution in [3.8, 4) is 0 Å². The lowest BCUT2D eigenvalue weighted by molar-refractivity contribution is -0.146. The van der Waals surface area contributed by atoms with E-state index in [9.17, 15) is 9.59 Å². The van der Waals surface area contributed by atoms with Crippen LogP contribution in [0.25, 0.3) is 0 Å². The molecular weight excluding hydrogens is 272 g/mol. The smallest absolute Gasteiger partial charge is 0.345 e. The molecule has 1 aromatic rings.